The average Bonchev–Trinajstić information content (AvgIpc) is 3.19. The van der Waals surface area contributed by atoms with Gasteiger partial charge in [-0.05, 0) is 49.1 Å². The van der Waals surface area contributed by atoms with Crippen LogP contribution >= 0.6 is 11.8 Å². The molecule has 2 aliphatic heterocycles. The maximum absolute atomic E-state index is 12.5. The van der Waals surface area contributed by atoms with Gasteiger partial charge in [-0.2, -0.15) is 4.99 Å². The first-order valence-corrected chi connectivity index (χ1v) is 11.7. The molecule has 1 saturated heterocycles. The number of amidine groups is 1. The summed E-state index contributed by atoms with van der Waals surface area (Å²) in [6.07, 6.45) is 3.50. The molecule has 7 nitrogen and oxygen atoms in total. The van der Waals surface area contributed by atoms with Crippen molar-refractivity contribution in [2.45, 2.75) is 37.5 Å². The quantitative estimate of drug-likeness (QED) is 0.704. The number of amides is 3. The van der Waals surface area contributed by atoms with Crippen molar-refractivity contribution in [2.24, 2.45) is 4.99 Å². The highest BCUT2D eigenvalue weighted by atomic mass is 32.2. The van der Waals surface area contributed by atoms with Gasteiger partial charge in [0.15, 0.2) is 5.17 Å². The van der Waals surface area contributed by atoms with Gasteiger partial charge in [0.25, 0.3) is 11.8 Å². The summed E-state index contributed by atoms with van der Waals surface area (Å²) in [4.78, 5) is 43.3. The zero-order valence-corrected chi connectivity index (χ0v) is 18.6. The fourth-order valence-corrected chi connectivity index (χ4v) is 4.81. The number of anilines is 1. The molecule has 3 amide bonds. The van der Waals surface area contributed by atoms with E-state index in [1.54, 1.807) is 24.3 Å². The van der Waals surface area contributed by atoms with Crippen LogP contribution in [0.15, 0.2) is 59.6 Å². The molecule has 0 bridgehead atoms. The number of hydrogen-bond acceptors (Lipinski definition) is 5. The normalized spacial score (nSPS) is 18.2. The number of rotatable bonds is 6. The first-order chi connectivity index (χ1) is 15.6. The molecule has 8 heteroatoms. The number of hydrogen-bond donors (Lipinski definition) is 2. The lowest BCUT2D eigenvalue weighted by Gasteiger charge is -2.27. The molecule has 2 aromatic rings. The summed E-state index contributed by atoms with van der Waals surface area (Å²) >= 11 is 1.39. The fraction of sp³-hybridized carbons (Fsp3) is 0.333. The Morgan fingerprint density at radius 1 is 1.00 bits per heavy atom. The van der Waals surface area contributed by atoms with Gasteiger partial charge in [-0.15, -0.1) is 0 Å². The lowest BCUT2D eigenvalue weighted by molar-refractivity contribution is -0.121. The van der Waals surface area contributed by atoms with E-state index < -0.39 is 5.25 Å². The highest BCUT2D eigenvalue weighted by molar-refractivity contribution is 8.15. The molecule has 1 atom stereocenters. The predicted molar refractivity (Wildman–Crippen MR) is 127 cm³/mol. The number of aliphatic imine (C=N–C) groups is 1. The second-order valence-corrected chi connectivity index (χ2v) is 9.05. The third-order valence-corrected chi connectivity index (χ3v) is 6.67. The van der Waals surface area contributed by atoms with Crippen LogP contribution in [0, 0.1) is 0 Å². The maximum Gasteiger partial charge on any atom is 0.262 e. The summed E-state index contributed by atoms with van der Waals surface area (Å²) in [7, 11) is 0. The number of thioether (sulfide) groups is 1. The molecular weight excluding hydrogens is 424 g/mol. The zero-order chi connectivity index (χ0) is 22.3. The van der Waals surface area contributed by atoms with Crippen LogP contribution in [0.25, 0.3) is 0 Å². The average molecular weight is 451 g/mol. The molecule has 32 heavy (non-hydrogen) atoms. The second kappa shape index (κ2) is 10.5. The number of piperidine rings is 1. The van der Waals surface area contributed by atoms with Crippen LogP contribution in [0.4, 0.5) is 5.69 Å². The van der Waals surface area contributed by atoms with Gasteiger partial charge < -0.3 is 15.5 Å². The number of likely N-dealkylation sites (tertiary alicyclic amines) is 1. The van der Waals surface area contributed by atoms with Crippen molar-refractivity contribution >= 4 is 40.3 Å². The van der Waals surface area contributed by atoms with Gasteiger partial charge in [-0.25, -0.2) is 0 Å². The monoisotopic (exact) mass is 450 g/mol. The van der Waals surface area contributed by atoms with Gasteiger partial charge in [-0.1, -0.05) is 42.1 Å². The zero-order valence-electron chi connectivity index (χ0n) is 17.8. The molecule has 0 radical (unpaired) electrons. The van der Waals surface area contributed by atoms with Crippen LogP contribution in [0.2, 0.25) is 0 Å². The summed E-state index contributed by atoms with van der Waals surface area (Å²) in [5.74, 6) is -0.662. The molecule has 1 fully saturated rings. The number of benzene rings is 2. The molecule has 2 aromatic carbocycles. The fourth-order valence-electron chi connectivity index (χ4n) is 3.70. The van der Waals surface area contributed by atoms with Crippen LogP contribution in [0.5, 0.6) is 0 Å². The van der Waals surface area contributed by atoms with E-state index in [-0.39, 0.29) is 24.1 Å². The van der Waals surface area contributed by atoms with Crippen molar-refractivity contribution < 1.29 is 14.4 Å². The Labute approximate surface area is 191 Å². The number of nitrogens with zero attached hydrogens (tertiary/aromatic N) is 2. The van der Waals surface area contributed by atoms with Crippen LogP contribution in [0.3, 0.4) is 0 Å². The van der Waals surface area contributed by atoms with E-state index in [0.29, 0.717) is 17.8 Å². The molecule has 2 aliphatic rings. The number of carbonyl (C=O) groups excluding carboxylic acids is 3. The van der Waals surface area contributed by atoms with E-state index in [2.05, 4.69) is 20.5 Å². The molecule has 0 spiro atoms. The number of nitrogens with one attached hydrogen (secondary N) is 2. The van der Waals surface area contributed by atoms with Gasteiger partial charge in [0.2, 0.25) is 5.91 Å². The van der Waals surface area contributed by atoms with Crippen molar-refractivity contribution in [3.8, 4) is 0 Å². The third-order valence-electron chi connectivity index (χ3n) is 5.45. The first-order valence-electron chi connectivity index (χ1n) is 10.8. The molecule has 4 rings (SSSR count). The molecule has 0 aliphatic carbocycles. The van der Waals surface area contributed by atoms with Crippen LogP contribution in [-0.2, 0) is 16.1 Å². The van der Waals surface area contributed by atoms with Gasteiger partial charge in [0.1, 0.15) is 5.25 Å². The summed E-state index contributed by atoms with van der Waals surface area (Å²) in [6.45, 7) is 2.29. The van der Waals surface area contributed by atoms with E-state index in [9.17, 15) is 14.4 Å². The highest BCUT2D eigenvalue weighted by Gasteiger charge is 2.33. The van der Waals surface area contributed by atoms with Crippen molar-refractivity contribution in [3.63, 3.8) is 0 Å². The summed E-state index contributed by atoms with van der Waals surface area (Å²) in [5, 5.41) is 5.96. The summed E-state index contributed by atoms with van der Waals surface area (Å²) in [6, 6.07) is 16.4. The predicted octanol–water partition coefficient (Wildman–Crippen LogP) is 3.43. The van der Waals surface area contributed by atoms with E-state index in [1.165, 1.54) is 18.2 Å². The summed E-state index contributed by atoms with van der Waals surface area (Å²) in [5.41, 5.74) is 2.12. The van der Waals surface area contributed by atoms with Gasteiger partial charge >= 0.3 is 0 Å². The maximum atomic E-state index is 12.5. The van der Waals surface area contributed by atoms with Crippen LogP contribution < -0.4 is 10.6 Å². The second-order valence-electron chi connectivity index (χ2n) is 7.88. The number of carbonyl (C=O) groups is 3. The minimum Gasteiger partial charge on any atom is -0.351 e. The van der Waals surface area contributed by atoms with E-state index in [1.807, 2.05) is 30.3 Å². The Hall–Kier alpha value is -3.13. The summed E-state index contributed by atoms with van der Waals surface area (Å²) < 4.78 is 0. The van der Waals surface area contributed by atoms with Crippen molar-refractivity contribution in [1.82, 2.24) is 10.2 Å². The molecule has 1 unspecified atom stereocenters. The van der Waals surface area contributed by atoms with Gasteiger partial charge in [0.05, 0.1) is 0 Å². The Morgan fingerprint density at radius 3 is 2.44 bits per heavy atom. The van der Waals surface area contributed by atoms with Crippen molar-refractivity contribution in [3.05, 3.63) is 65.7 Å². The molecular formula is C24H26N4O3S. The van der Waals surface area contributed by atoms with Crippen LogP contribution in [-0.4, -0.2) is 46.1 Å². The van der Waals surface area contributed by atoms with E-state index in [4.69, 9.17) is 0 Å². The minimum absolute atomic E-state index is 0.0731. The smallest absolute Gasteiger partial charge is 0.262 e. The lowest BCUT2D eigenvalue weighted by Crippen LogP contribution is -2.33. The molecule has 166 valence electrons. The van der Waals surface area contributed by atoms with Crippen LogP contribution in [0.1, 0.15) is 41.6 Å². The van der Waals surface area contributed by atoms with Gasteiger partial charge in [-0.3, -0.25) is 14.4 Å². The molecule has 0 aromatic heterocycles. The van der Waals surface area contributed by atoms with Gasteiger partial charge in [0, 0.05) is 37.3 Å². The Morgan fingerprint density at radius 2 is 1.72 bits per heavy atom. The molecule has 0 saturated carbocycles. The third kappa shape index (κ3) is 5.76. The SMILES string of the molecule is O=C(CC1SC(N2CCCCC2)=NC1=O)Nc1ccc(C(=O)NCc2ccccc2)cc1. The molecule has 2 N–H and O–H groups in total. The Kier molecular flexibility index (Phi) is 7.21. The van der Waals surface area contributed by atoms with Crippen molar-refractivity contribution in [2.75, 3.05) is 18.4 Å². The first kappa shape index (κ1) is 22.1. The Bertz CT molecular complexity index is 1000. The minimum atomic E-state index is -0.477. The standard InChI is InChI=1S/C24H26N4O3S/c29-21(15-20-23(31)27-24(32-20)28-13-5-2-6-14-28)26-19-11-9-18(10-12-19)22(30)25-16-17-7-3-1-4-8-17/h1,3-4,7-12,20H,2,5-6,13-16H2,(H,25,30)(H,26,29). The topological polar surface area (TPSA) is 90.9 Å². The van der Waals surface area contributed by atoms with E-state index >= 15 is 0 Å². The highest BCUT2D eigenvalue weighted by Crippen LogP contribution is 2.29. The van der Waals surface area contributed by atoms with Crippen molar-refractivity contribution in [1.29, 1.82) is 0 Å². The molecule has 2 heterocycles. The van der Waals surface area contributed by atoms with E-state index in [0.717, 1.165) is 36.7 Å². The Balaban J connectivity index is 1.25. The lowest BCUT2D eigenvalue weighted by atomic mass is 10.1. The largest absolute Gasteiger partial charge is 0.351 e.